The number of aliphatic imine (C=N–C) groups is 2. The maximum atomic E-state index is 12.8. The van der Waals surface area contributed by atoms with Gasteiger partial charge in [-0.25, -0.2) is 0 Å². The van der Waals surface area contributed by atoms with E-state index in [1.807, 2.05) is 97.4 Å². The predicted octanol–water partition coefficient (Wildman–Crippen LogP) is 17.4. The van der Waals surface area contributed by atoms with Crippen LogP contribution in [0.3, 0.4) is 0 Å². The van der Waals surface area contributed by atoms with Gasteiger partial charge in [0.15, 0.2) is 0 Å². The van der Waals surface area contributed by atoms with E-state index in [2.05, 4.69) is 170 Å². The van der Waals surface area contributed by atoms with E-state index in [4.69, 9.17) is 9.98 Å². The fourth-order valence-electron chi connectivity index (χ4n) is 10.5. The molecule has 0 aliphatic carbocycles. The summed E-state index contributed by atoms with van der Waals surface area (Å²) in [5.41, 5.74) is 10.7. The van der Waals surface area contributed by atoms with Crippen LogP contribution in [-0.4, -0.2) is 22.6 Å². The molecule has 4 nitrogen and oxygen atoms in total. The molecule has 0 saturated heterocycles. The van der Waals surface area contributed by atoms with Crippen molar-refractivity contribution in [2.45, 2.75) is 12.1 Å². The van der Waals surface area contributed by atoms with E-state index in [9.17, 15) is 10.2 Å². The summed E-state index contributed by atoms with van der Waals surface area (Å²) in [7, 11) is 0. The van der Waals surface area contributed by atoms with Crippen LogP contribution in [0, 0.1) is 0 Å². The van der Waals surface area contributed by atoms with Crippen LogP contribution in [0.15, 0.2) is 265 Å². The lowest BCUT2D eigenvalue weighted by molar-refractivity contribution is 0.476. The molecule has 0 amide bonds. The summed E-state index contributed by atoms with van der Waals surface area (Å²) in [6, 6.07) is 86.1. The predicted molar refractivity (Wildman–Crippen MR) is 302 cm³/mol. The Hall–Kier alpha value is -9.38. The lowest BCUT2D eigenvalue weighted by Crippen LogP contribution is -2.09. The van der Waals surface area contributed by atoms with Crippen LogP contribution in [0.1, 0.15) is 34.3 Å². The van der Waals surface area contributed by atoms with Crippen LogP contribution in [0.5, 0.6) is 11.5 Å². The van der Waals surface area contributed by atoms with E-state index in [1.165, 1.54) is 0 Å². The SMILES string of the molecule is Oc1c(C=N[C@@H](c2ccccc2)[C@@H](N=Cc2cc3ccccc3c(-c3c(-c4ccccc4)ccc4ccccc34)c2O)c2ccccc2)cc2ccccc2c1-c1c(-c2ccccc2)ccc2ccccc12. The zero-order chi connectivity index (χ0) is 48.4. The van der Waals surface area contributed by atoms with E-state index in [0.29, 0.717) is 11.1 Å². The Labute approximate surface area is 418 Å². The van der Waals surface area contributed by atoms with Crippen LogP contribution >= 0.6 is 0 Å². The molecule has 0 heterocycles. The van der Waals surface area contributed by atoms with Crippen molar-refractivity contribution >= 4 is 55.5 Å². The Morgan fingerprint density at radius 1 is 0.292 bits per heavy atom. The van der Waals surface area contributed by atoms with Crippen LogP contribution in [-0.2, 0) is 0 Å². The lowest BCUT2D eigenvalue weighted by atomic mass is 9.86. The van der Waals surface area contributed by atoms with Crippen molar-refractivity contribution < 1.29 is 10.2 Å². The zero-order valence-electron chi connectivity index (χ0n) is 39.3. The van der Waals surface area contributed by atoms with Gasteiger partial charge in [-0.3, -0.25) is 9.98 Å². The highest BCUT2D eigenvalue weighted by Crippen LogP contribution is 2.49. The van der Waals surface area contributed by atoms with E-state index in [0.717, 1.165) is 98.7 Å². The Morgan fingerprint density at radius 2 is 0.597 bits per heavy atom. The van der Waals surface area contributed by atoms with E-state index in [1.54, 1.807) is 0 Å². The van der Waals surface area contributed by atoms with Gasteiger partial charge in [-0.1, -0.05) is 243 Å². The highest BCUT2D eigenvalue weighted by molar-refractivity contribution is 6.16. The molecular weight excluding hydrogens is 877 g/mol. The number of aromatic hydroxyl groups is 2. The van der Waals surface area contributed by atoms with E-state index in [-0.39, 0.29) is 11.5 Å². The molecule has 0 aliphatic rings. The first-order valence-electron chi connectivity index (χ1n) is 24.4. The summed E-state index contributed by atoms with van der Waals surface area (Å²) in [6.07, 6.45) is 3.64. The number of benzene rings is 12. The molecule has 2 N–H and O–H groups in total. The first kappa shape index (κ1) is 43.9. The molecule has 2 atom stereocenters. The fraction of sp³-hybridized carbons (Fsp3) is 0.0294. The third-order valence-corrected chi connectivity index (χ3v) is 14.0. The average Bonchev–Trinajstić information content (AvgIpc) is 3.44. The Kier molecular flexibility index (Phi) is 11.7. The summed E-state index contributed by atoms with van der Waals surface area (Å²) < 4.78 is 0. The van der Waals surface area contributed by atoms with Gasteiger partial charge in [0.2, 0.25) is 0 Å². The third-order valence-electron chi connectivity index (χ3n) is 14.0. The van der Waals surface area contributed by atoms with Crippen LogP contribution in [0.4, 0.5) is 0 Å². The van der Waals surface area contributed by atoms with Crippen LogP contribution in [0.2, 0.25) is 0 Å². The Bertz CT molecular complexity index is 3740. The highest BCUT2D eigenvalue weighted by Gasteiger charge is 2.26. The second kappa shape index (κ2) is 19.2. The molecule has 0 fully saturated rings. The largest absolute Gasteiger partial charge is 0.507 e. The standard InChI is InChI=1S/C68H48N2O2/c71-67-53(41-51-31-15-19-35-57(51)63(67)61-55-33-17-13-25-47(55)37-39-59(61)45-21-5-1-6-22-45)43-69-65(49-27-9-3-10-28-49)66(50-29-11-4-12-30-50)70-44-54-42-52-32-16-20-36-58(52)64(68(54)72)62-56-34-18-14-26-48(56)38-40-60(62)46-23-7-2-8-24-46/h1-44,65-66,71-72H/t65-,66-/m0/s1. The number of phenolic OH excluding ortho intramolecular Hbond substituents is 2. The van der Waals surface area contributed by atoms with Crippen molar-refractivity contribution in [3.05, 3.63) is 277 Å². The smallest absolute Gasteiger partial charge is 0.132 e. The zero-order valence-corrected chi connectivity index (χ0v) is 39.3. The first-order chi connectivity index (χ1) is 35.6. The molecule has 0 spiro atoms. The van der Waals surface area contributed by atoms with Gasteiger partial charge in [-0.05, 0) is 88.6 Å². The van der Waals surface area contributed by atoms with Gasteiger partial charge in [0.05, 0.1) is 0 Å². The molecule has 4 heteroatoms. The molecule has 0 aliphatic heterocycles. The summed E-state index contributed by atoms with van der Waals surface area (Å²) in [5, 5.41) is 33.7. The van der Waals surface area contributed by atoms with Crippen LogP contribution in [0.25, 0.3) is 87.6 Å². The van der Waals surface area contributed by atoms with Gasteiger partial charge in [0, 0.05) is 45.8 Å². The van der Waals surface area contributed by atoms with Crippen LogP contribution < -0.4 is 0 Å². The topological polar surface area (TPSA) is 65.2 Å². The molecular formula is C68H48N2O2. The lowest BCUT2D eigenvalue weighted by Gasteiger charge is -2.23. The maximum absolute atomic E-state index is 12.8. The molecule has 0 aromatic heterocycles. The summed E-state index contributed by atoms with van der Waals surface area (Å²) in [4.78, 5) is 10.9. The van der Waals surface area contributed by atoms with Crippen molar-refractivity contribution in [1.29, 1.82) is 0 Å². The summed E-state index contributed by atoms with van der Waals surface area (Å²) >= 11 is 0. The quantitative estimate of drug-likeness (QED) is 0.127. The van der Waals surface area contributed by atoms with Crippen molar-refractivity contribution in [1.82, 2.24) is 0 Å². The Balaban J connectivity index is 1.04. The maximum Gasteiger partial charge on any atom is 0.132 e. The van der Waals surface area contributed by atoms with Gasteiger partial charge in [-0.15, -0.1) is 0 Å². The molecule has 12 rings (SSSR count). The number of hydrogen-bond donors (Lipinski definition) is 2. The average molecular weight is 925 g/mol. The first-order valence-corrected chi connectivity index (χ1v) is 24.4. The molecule has 0 bridgehead atoms. The Morgan fingerprint density at radius 3 is 0.972 bits per heavy atom. The second-order valence-corrected chi connectivity index (χ2v) is 18.2. The monoisotopic (exact) mass is 924 g/mol. The number of hydrogen-bond acceptors (Lipinski definition) is 4. The molecule has 72 heavy (non-hydrogen) atoms. The molecule has 342 valence electrons. The van der Waals surface area contributed by atoms with Crippen molar-refractivity contribution in [3.8, 4) is 56.0 Å². The number of rotatable bonds is 11. The van der Waals surface area contributed by atoms with Gasteiger partial charge in [0.25, 0.3) is 0 Å². The third kappa shape index (κ3) is 8.15. The number of fused-ring (bicyclic) bond motifs is 4. The number of nitrogens with zero attached hydrogens (tertiary/aromatic N) is 2. The minimum atomic E-state index is -0.540. The highest BCUT2D eigenvalue weighted by atomic mass is 16.3. The fourth-order valence-corrected chi connectivity index (χ4v) is 10.5. The molecule has 0 saturated carbocycles. The van der Waals surface area contributed by atoms with E-state index >= 15 is 0 Å². The minimum Gasteiger partial charge on any atom is -0.507 e. The van der Waals surface area contributed by atoms with Gasteiger partial charge in [0.1, 0.15) is 23.6 Å². The molecule has 12 aromatic carbocycles. The molecule has 0 unspecified atom stereocenters. The van der Waals surface area contributed by atoms with Crippen molar-refractivity contribution in [3.63, 3.8) is 0 Å². The molecule has 12 aromatic rings. The van der Waals surface area contributed by atoms with Gasteiger partial charge < -0.3 is 10.2 Å². The van der Waals surface area contributed by atoms with E-state index < -0.39 is 12.1 Å². The summed E-state index contributed by atoms with van der Waals surface area (Å²) in [6.45, 7) is 0. The van der Waals surface area contributed by atoms with Crippen molar-refractivity contribution in [2.24, 2.45) is 9.98 Å². The number of phenols is 2. The minimum absolute atomic E-state index is 0.148. The van der Waals surface area contributed by atoms with Crippen molar-refractivity contribution in [2.75, 3.05) is 0 Å². The normalized spacial score (nSPS) is 12.6. The van der Waals surface area contributed by atoms with Gasteiger partial charge in [-0.2, -0.15) is 0 Å². The summed E-state index contributed by atoms with van der Waals surface area (Å²) in [5.74, 6) is 0.295. The molecule has 0 radical (unpaired) electrons. The second-order valence-electron chi connectivity index (χ2n) is 18.2. The van der Waals surface area contributed by atoms with Gasteiger partial charge >= 0.3 is 0 Å².